The van der Waals surface area contributed by atoms with Gasteiger partial charge in [-0.25, -0.2) is 9.36 Å². The topological polar surface area (TPSA) is 78.0 Å². The Labute approximate surface area is 208 Å². The third-order valence-electron chi connectivity index (χ3n) is 6.64. The summed E-state index contributed by atoms with van der Waals surface area (Å²) in [6, 6.07) is 18.9. The summed E-state index contributed by atoms with van der Waals surface area (Å²) >= 11 is 0. The average Bonchev–Trinajstić information content (AvgIpc) is 3.10. The molecule has 0 fully saturated rings. The first-order chi connectivity index (χ1) is 17.2. The highest BCUT2D eigenvalue weighted by Gasteiger charge is 2.22. The molecule has 7 heteroatoms. The van der Waals surface area contributed by atoms with Crippen LogP contribution in [-0.2, 0) is 18.4 Å². The molecule has 3 aromatic carbocycles. The molecule has 36 heavy (non-hydrogen) atoms. The van der Waals surface area contributed by atoms with Crippen LogP contribution in [0.5, 0.6) is 0 Å². The quantitative estimate of drug-likeness (QED) is 0.411. The molecule has 0 unspecified atom stereocenters. The van der Waals surface area contributed by atoms with Crippen molar-refractivity contribution in [2.75, 3.05) is 5.32 Å². The third kappa shape index (κ3) is 3.82. The molecule has 2 aromatic heterocycles. The van der Waals surface area contributed by atoms with Gasteiger partial charge in [-0.05, 0) is 69.2 Å². The Morgan fingerprint density at radius 2 is 1.53 bits per heavy atom. The van der Waals surface area contributed by atoms with E-state index < -0.39 is 11.2 Å². The minimum absolute atomic E-state index is 0.234. The lowest BCUT2D eigenvalue weighted by Crippen LogP contribution is -2.41. The van der Waals surface area contributed by atoms with Crippen LogP contribution in [0.15, 0.2) is 70.3 Å². The molecule has 0 saturated heterocycles. The zero-order valence-electron chi connectivity index (χ0n) is 21.0. The summed E-state index contributed by atoms with van der Waals surface area (Å²) in [6.45, 7) is 7.55. The van der Waals surface area contributed by atoms with Crippen molar-refractivity contribution in [2.24, 2.45) is 7.05 Å². The van der Waals surface area contributed by atoms with E-state index >= 15 is 0 Å². The van der Waals surface area contributed by atoms with Gasteiger partial charge in [-0.15, -0.1) is 0 Å². The largest absolute Gasteiger partial charge is 0.338 e. The predicted molar refractivity (Wildman–Crippen MR) is 144 cm³/mol. The first-order valence-corrected chi connectivity index (χ1v) is 11.8. The number of hydrogen-bond donors (Lipinski definition) is 1. The summed E-state index contributed by atoms with van der Waals surface area (Å²) in [5.41, 5.74) is 5.80. The van der Waals surface area contributed by atoms with Crippen LogP contribution in [0.2, 0.25) is 0 Å². The standard InChI is InChI=1S/C29H28N4O3/c1-17-7-6-8-21(14-17)33-28(35)27-26(22-15-19(3)10-12-24(22)31(27)5)32(29(33)36)16-25(34)30-23-11-9-18(2)13-20(23)4/h6-15H,16H2,1-5H3,(H,30,34). The van der Waals surface area contributed by atoms with E-state index in [0.29, 0.717) is 22.4 Å². The highest BCUT2D eigenvalue weighted by Crippen LogP contribution is 2.27. The first-order valence-electron chi connectivity index (χ1n) is 11.8. The Balaban J connectivity index is 1.77. The van der Waals surface area contributed by atoms with Crippen LogP contribution >= 0.6 is 0 Å². The van der Waals surface area contributed by atoms with E-state index in [1.807, 2.05) is 83.3 Å². The molecule has 7 nitrogen and oxygen atoms in total. The highest BCUT2D eigenvalue weighted by atomic mass is 16.2. The van der Waals surface area contributed by atoms with Gasteiger partial charge in [-0.1, -0.05) is 41.5 Å². The van der Waals surface area contributed by atoms with E-state index in [1.54, 1.807) is 16.7 Å². The fourth-order valence-electron chi connectivity index (χ4n) is 4.89. The number of aromatic nitrogens is 3. The third-order valence-corrected chi connectivity index (χ3v) is 6.64. The monoisotopic (exact) mass is 480 g/mol. The summed E-state index contributed by atoms with van der Waals surface area (Å²) in [7, 11) is 1.81. The second kappa shape index (κ2) is 8.68. The molecule has 0 bridgehead atoms. The minimum atomic E-state index is -0.553. The van der Waals surface area contributed by atoms with E-state index in [4.69, 9.17) is 0 Å². The normalized spacial score (nSPS) is 11.4. The molecule has 0 spiro atoms. The van der Waals surface area contributed by atoms with Crippen LogP contribution in [0.3, 0.4) is 0 Å². The van der Waals surface area contributed by atoms with E-state index in [0.717, 1.165) is 37.7 Å². The van der Waals surface area contributed by atoms with Gasteiger partial charge in [0, 0.05) is 18.1 Å². The number of hydrogen-bond acceptors (Lipinski definition) is 3. The van der Waals surface area contributed by atoms with Gasteiger partial charge in [0.1, 0.15) is 12.1 Å². The van der Waals surface area contributed by atoms with E-state index in [9.17, 15) is 14.4 Å². The molecule has 0 saturated carbocycles. The summed E-state index contributed by atoms with van der Waals surface area (Å²) in [5, 5.41) is 3.70. The number of carbonyl (C=O) groups is 1. The van der Waals surface area contributed by atoms with Crippen molar-refractivity contribution in [3.05, 3.63) is 104 Å². The summed E-state index contributed by atoms with van der Waals surface area (Å²) in [4.78, 5) is 40.9. The molecule has 1 amide bonds. The molecule has 1 N–H and O–H groups in total. The molecule has 5 aromatic rings. The molecule has 0 atom stereocenters. The van der Waals surface area contributed by atoms with Gasteiger partial charge in [-0.3, -0.25) is 14.2 Å². The molecular formula is C29H28N4O3. The van der Waals surface area contributed by atoms with Crippen LogP contribution in [-0.4, -0.2) is 19.6 Å². The zero-order chi connectivity index (χ0) is 25.7. The van der Waals surface area contributed by atoms with Crippen molar-refractivity contribution in [3.63, 3.8) is 0 Å². The number of nitrogens with one attached hydrogen (secondary N) is 1. The number of fused-ring (bicyclic) bond motifs is 3. The molecule has 0 aliphatic carbocycles. The maximum absolute atomic E-state index is 13.9. The fourth-order valence-corrected chi connectivity index (χ4v) is 4.89. The maximum atomic E-state index is 13.9. The first kappa shape index (κ1) is 23.4. The summed E-state index contributed by atoms with van der Waals surface area (Å²) < 4.78 is 4.38. The average molecular weight is 481 g/mol. The second-order valence-electron chi connectivity index (χ2n) is 9.49. The van der Waals surface area contributed by atoms with Crippen LogP contribution in [0.25, 0.3) is 27.6 Å². The van der Waals surface area contributed by atoms with Crippen molar-refractivity contribution < 1.29 is 4.79 Å². The summed E-state index contributed by atoms with van der Waals surface area (Å²) in [5.74, 6) is -0.343. The Kier molecular flexibility index (Phi) is 5.63. The minimum Gasteiger partial charge on any atom is -0.338 e. The molecular weight excluding hydrogens is 452 g/mol. The molecule has 0 radical (unpaired) electrons. The van der Waals surface area contributed by atoms with Gasteiger partial charge >= 0.3 is 5.69 Å². The molecule has 0 aliphatic rings. The Morgan fingerprint density at radius 3 is 2.25 bits per heavy atom. The number of rotatable bonds is 4. The van der Waals surface area contributed by atoms with E-state index in [-0.39, 0.29) is 12.5 Å². The lowest BCUT2D eigenvalue weighted by molar-refractivity contribution is -0.116. The van der Waals surface area contributed by atoms with Crippen molar-refractivity contribution in [1.82, 2.24) is 13.7 Å². The van der Waals surface area contributed by atoms with Crippen LogP contribution in [0.4, 0.5) is 5.69 Å². The van der Waals surface area contributed by atoms with Crippen molar-refractivity contribution in [2.45, 2.75) is 34.2 Å². The van der Waals surface area contributed by atoms with E-state index in [2.05, 4.69) is 5.32 Å². The van der Waals surface area contributed by atoms with E-state index in [1.165, 1.54) is 4.57 Å². The van der Waals surface area contributed by atoms with Crippen molar-refractivity contribution in [3.8, 4) is 5.69 Å². The van der Waals surface area contributed by atoms with Gasteiger partial charge in [0.05, 0.1) is 16.7 Å². The predicted octanol–water partition coefficient (Wildman–Crippen LogP) is 4.52. The second-order valence-corrected chi connectivity index (χ2v) is 9.49. The van der Waals surface area contributed by atoms with Crippen LogP contribution in [0, 0.1) is 27.7 Å². The van der Waals surface area contributed by atoms with Gasteiger partial charge in [0.2, 0.25) is 5.91 Å². The van der Waals surface area contributed by atoms with Crippen molar-refractivity contribution >= 4 is 33.5 Å². The van der Waals surface area contributed by atoms with Gasteiger partial charge in [0.15, 0.2) is 0 Å². The Bertz CT molecular complexity index is 1800. The fraction of sp³-hybridized carbons (Fsp3) is 0.207. The number of benzene rings is 3. The maximum Gasteiger partial charge on any atom is 0.336 e. The zero-order valence-corrected chi connectivity index (χ0v) is 21.0. The highest BCUT2D eigenvalue weighted by molar-refractivity contribution is 6.06. The summed E-state index contributed by atoms with van der Waals surface area (Å²) in [6.07, 6.45) is 0. The lowest BCUT2D eigenvalue weighted by Gasteiger charge is -2.14. The van der Waals surface area contributed by atoms with Gasteiger partial charge in [-0.2, -0.15) is 0 Å². The Morgan fingerprint density at radius 1 is 0.833 bits per heavy atom. The number of carbonyl (C=O) groups excluding carboxylic acids is 1. The van der Waals surface area contributed by atoms with Crippen LogP contribution < -0.4 is 16.6 Å². The number of anilines is 1. The number of amides is 1. The SMILES string of the molecule is Cc1cccc(-n2c(=O)c3c(c4cc(C)ccc4n3C)n(CC(=O)Nc3ccc(C)cc3C)c2=O)c1. The van der Waals surface area contributed by atoms with Crippen LogP contribution in [0.1, 0.15) is 22.3 Å². The smallest absolute Gasteiger partial charge is 0.336 e. The lowest BCUT2D eigenvalue weighted by atomic mass is 10.1. The van der Waals surface area contributed by atoms with Gasteiger partial charge < -0.3 is 9.88 Å². The van der Waals surface area contributed by atoms with Gasteiger partial charge in [0.25, 0.3) is 5.56 Å². The Hall–Kier alpha value is -4.39. The molecule has 2 heterocycles. The number of aryl methyl sites for hydroxylation is 5. The number of nitrogens with zero attached hydrogens (tertiary/aromatic N) is 3. The molecule has 5 rings (SSSR count). The molecule has 182 valence electrons. The van der Waals surface area contributed by atoms with Crippen molar-refractivity contribution in [1.29, 1.82) is 0 Å². The molecule has 0 aliphatic heterocycles.